The summed E-state index contributed by atoms with van der Waals surface area (Å²) in [6.07, 6.45) is 4.36. The third-order valence-corrected chi connectivity index (χ3v) is 10.9. The van der Waals surface area contributed by atoms with Gasteiger partial charge in [-0.15, -0.1) is 23.5 Å². The number of carbonyl (C=O) groups excluding carboxylic acids is 2. The van der Waals surface area contributed by atoms with E-state index in [1.807, 2.05) is 25.1 Å². The molecule has 5 rings (SSSR count). The summed E-state index contributed by atoms with van der Waals surface area (Å²) in [5, 5.41) is 0. The number of rotatable bonds is 3. The summed E-state index contributed by atoms with van der Waals surface area (Å²) in [4.78, 5) is 26.2. The van der Waals surface area contributed by atoms with Crippen LogP contribution < -0.4 is 4.74 Å². The Morgan fingerprint density at radius 1 is 1.21 bits per heavy atom. The zero-order valence-electron chi connectivity index (χ0n) is 16.1. The molecule has 0 radical (unpaired) electrons. The van der Waals surface area contributed by atoms with Crippen molar-refractivity contribution in [1.29, 1.82) is 0 Å². The number of benzene rings is 1. The highest BCUT2D eigenvalue weighted by Crippen LogP contribution is 2.71. The summed E-state index contributed by atoms with van der Waals surface area (Å²) in [6, 6.07) is 7.93. The molecule has 3 fully saturated rings. The maximum Gasteiger partial charge on any atom is 0.318 e. The number of fused-ring (bicyclic) bond motifs is 6. The van der Waals surface area contributed by atoms with Crippen molar-refractivity contribution in [1.82, 2.24) is 0 Å². The lowest BCUT2D eigenvalue weighted by Crippen LogP contribution is -2.58. The quantitative estimate of drug-likeness (QED) is 0.527. The van der Waals surface area contributed by atoms with Crippen LogP contribution in [0.5, 0.6) is 5.75 Å². The molecule has 0 aromatic heterocycles. The molecule has 1 aromatic carbocycles. The van der Waals surface area contributed by atoms with Crippen LogP contribution in [-0.4, -0.2) is 34.1 Å². The Kier molecular flexibility index (Phi) is 4.70. The molecule has 2 aliphatic heterocycles. The van der Waals surface area contributed by atoms with Gasteiger partial charge in [0.15, 0.2) is 0 Å². The van der Waals surface area contributed by atoms with Gasteiger partial charge >= 0.3 is 11.9 Å². The van der Waals surface area contributed by atoms with Crippen LogP contribution >= 0.6 is 23.5 Å². The van der Waals surface area contributed by atoms with E-state index in [1.165, 1.54) is 11.5 Å². The zero-order chi connectivity index (χ0) is 19.4. The molecule has 1 spiro atoms. The lowest BCUT2D eigenvalue weighted by atomic mass is 9.53. The lowest BCUT2D eigenvalue weighted by Gasteiger charge is -2.56. The standard InChI is InChI=1S/C22H26O4S2/c1-2-25-19(23)13-21-15-7-5-8-16(15)22(27-10-11-28-22)12-17(21)14-6-3-4-9-18(14)26-20(21)24/h3-4,6,9,15-17H,2,5,7-8,10-13H2,1H3. The summed E-state index contributed by atoms with van der Waals surface area (Å²) in [5.74, 6) is 3.24. The molecule has 1 aromatic rings. The topological polar surface area (TPSA) is 52.6 Å². The molecule has 150 valence electrons. The summed E-state index contributed by atoms with van der Waals surface area (Å²) >= 11 is 4.19. The van der Waals surface area contributed by atoms with Crippen LogP contribution in [0.3, 0.4) is 0 Å². The summed E-state index contributed by atoms with van der Waals surface area (Å²) in [6.45, 7) is 2.16. The number of ether oxygens (including phenoxy) is 2. The second-order valence-corrected chi connectivity index (χ2v) is 11.5. The number of carbonyl (C=O) groups is 2. The minimum Gasteiger partial charge on any atom is -0.466 e. The normalized spacial score (nSPS) is 35.0. The number of esters is 2. The molecule has 0 bridgehead atoms. The van der Waals surface area contributed by atoms with E-state index >= 15 is 0 Å². The van der Waals surface area contributed by atoms with Gasteiger partial charge in [0, 0.05) is 17.4 Å². The van der Waals surface area contributed by atoms with Crippen molar-refractivity contribution >= 4 is 35.5 Å². The van der Waals surface area contributed by atoms with Crippen LogP contribution in [0, 0.1) is 17.3 Å². The average molecular weight is 419 g/mol. The molecule has 28 heavy (non-hydrogen) atoms. The Labute approximate surface area is 174 Å². The summed E-state index contributed by atoms with van der Waals surface area (Å²) < 4.78 is 11.4. The van der Waals surface area contributed by atoms with Crippen molar-refractivity contribution < 1.29 is 19.1 Å². The third kappa shape index (κ3) is 2.59. The van der Waals surface area contributed by atoms with E-state index in [0.717, 1.165) is 31.2 Å². The fourth-order valence-electron chi connectivity index (χ4n) is 6.30. The molecule has 0 N–H and O–H groups in total. The van der Waals surface area contributed by atoms with Gasteiger partial charge in [-0.05, 0) is 49.7 Å². The smallest absolute Gasteiger partial charge is 0.318 e. The van der Waals surface area contributed by atoms with Gasteiger partial charge in [0.2, 0.25) is 0 Å². The van der Waals surface area contributed by atoms with Crippen molar-refractivity contribution in [2.75, 3.05) is 18.1 Å². The van der Waals surface area contributed by atoms with Gasteiger partial charge in [-0.1, -0.05) is 24.6 Å². The van der Waals surface area contributed by atoms with E-state index in [-0.39, 0.29) is 34.3 Å². The minimum atomic E-state index is -0.781. The molecule has 4 atom stereocenters. The highest BCUT2D eigenvalue weighted by Gasteiger charge is 2.68. The van der Waals surface area contributed by atoms with Crippen molar-refractivity contribution in [3.8, 4) is 5.75 Å². The molecule has 4 nitrogen and oxygen atoms in total. The van der Waals surface area contributed by atoms with E-state index in [1.54, 1.807) is 0 Å². The van der Waals surface area contributed by atoms with E-state index < -0.39 is 5.41 Å². The molecule has 2 heterocycles. The summed E-state index contributed by atoms with van der Waals surface area (Å²) in [5.41, 5.74) is 0.320. The van der Waals surface area contributed by atoms with Crippen LogP contribution in [0.2, 0.25) is 0 Å². The van der Waals surface area contributed by atoms with Gasteiger partial charge < -0.3 is 9.47 Å². The second kappa shape index (κ2) is 6.98. The van der Waals surface area contributed by atoms with Crippen molar-refractivity contribution in [3.05, 3.63) is 29.8 Å². The first-order valence-electron chi connectivity index (χ1n) is 10.4. The van der Waals surface area contributed by atoms with Crippen molar-refractivity contribution in [2.45, 2.75) is 49.0 Å². The maximum absolute atomic E-state index is 13.6. The van der Waals surface area contributed by atoms with Crippen molar-refractivity contribution in [3.63, 3.8) is 0 Å². The zero-order valence-corrected chi connectivity index (χ0v) is 17.8. The van der Waals surface area contributed by atoms with Gasteiger partial charge in [0.25, 0.3) is 0 Å². The number of para-hydroxylation sites is 1. The minimum absolute atomic E-state index is 0.0202. The number of hydrogen-bond acceptors (Lipinski definition) is 6. The van der Waals surface area contributed by atoms with Gasteiger partial charge in [-0.3, -0.25) is 9.59 Å². The van der Waals surface area contributed by atoms with Crippen LogP contribution in [0.25, 0.3) is 0 Å². The fourth-order valence-corrected chi connectivity index (χ4v) is 10.0. The average Bonchev–Trinajstić information content (AvgIpc) is 3.35. The van der Waals surface area contributed by atoms with Crippen molar-refractivity contribution in [2.24, 2.45) is 17.3 Å². The van der Waals surface area contributed by atoms with Gasteiger partial charge in [0.05, 0.1) is 22.5 Å². The molecule has 1 saturated heterocycles. The largest absolute Gasteiger partial charge is 0.466 e. The lowest BCUT2D eigenvalue weighted by molar-refractivity contribution is -0.168. The van der Waals surface area contributed by atoms with E-state index in [0.29, 0.717) is 18.3 Å². The predicted molar refractivity (Wildman–Crippen MR) is 112 cm³/mol. The highest BCUT2D eigenvalue weighted by atomic mass is 32.2. The Balaban J connectivity index is 1.66. The van der Waals surface area contributed by atoms with Crippen LogP contribution in [-0.2, 0) is 14.3 Å². The SMILES string of the molecule is CCOC(=O)CC12C(=O)Oc3ccccc3C1CC1(SCCS1)C1CCCC12. The van der Waals surface area contributed by atoms with E-state index in [9.17, 15) is 9.59 Å². The molecular weight excluding hydrogens is 392 g/mol. The van der Waals surface area contributed by atoms with E-state index in [4.69, 9.17) is 9.47 Å². The molecule has 0 amide bonds. The van der Waals surface area contributed by atoms with Gasteiger partial charge in [-0.25, -0.2) is 0 Å². The van der Waals surface area contributed by atoms with Crippen LogP contribution in [0.4, 0.5) is 0 Å². The Morgan fingerprint density at radius 2 is 1.96 bits per heavy atom. The Morgan fingerprint density at radius 3 is 2.75 bits per heavy atom. The first-order valence-corrected chi connectivity index (χ1v) is 12.3. The second-order valence-electron chi connectivity index (χ2n) is 8.36. The first-order chi connectivity index (χ1) is 13.6. The molecule has 6 heteroatoms. The van der Waals surface area contributed by atoms with E-state index in [2.05, 4.69) is 29.6 Å². The predicted octanol–water partition coefficient (Wildman–Crippen LogP) is 4.63. The van der Waals surface area contributed by atoms with Gasteiger partial charge in [-0.2, -0.15) is 0 Å². The van der Waals surface area contributed by atoms with Crippen LogP contribution in [0.1, 0.15) is 50.5 Å². The molecule has 4 unspecified atom stereocenters. The monoisotopic (exact) mass is 418 g/mol. The molecular formula is C22H26O4S2. The van der Waals surface area contributed by atoms with Gasteiger partial charge in [0.1, 0.15) is 5.75 Å². The van der Waals surface area contributed by atoms with Crippen LogP contribution in [0.15, 0.2) is 24.3 Å². The fraction of sp³-hybridized carbons (Fsp3) is 0.636. The Bertz CT molecular complexity index is 803. The molecule has 4 aliphatic rings. The highest BCUT2D eigenvalue weighted by molar-refractivity contribution is 8.21. The molecule has 2 aliphatic carbocycles. The summed E-state index contributed by atoms with van der Waals surface area (Å²) in [7, 11) is 0. The molecule has 2 saturated carbocycles. The maximum atomic E-state index is 13.6. The third-order valence-electron chi connectivity index (χ3n) is 7.25. The number of hydrogen-bond donors (Lipinski definition) is 0. The first kappa shape index (κ1) is 18.9. The Hall–Kier alpha value is -1.14. The number of thioether (sulfide) groups is 2.